The van der Waals surface area contributed by atoms with Crippen molar-refractivity contribution in [2.75, 3.05) is 45.2 Å². The van der Waals surface area contributed by atoms with Crippen LogP contribution in [-0.4, -0.2) is 69.8 Å². The Bertz CT molecular complexity index is 784. The molecule has 2 fully saturated rings. The Morgan fingerprint density at radius 2 is 1.60 bits per heavy atom. The van der Waals surface area contributed by atoms with E-state index >= 15 is 0 Å². The number of anilines is 1. The molecule has 9 heteroatoms. The molecule has 1 aromatic carbocycles. The number of carbonyl (C=O) groups is 2. The molecule has 1 aromatic rings. The average molecular weight is 367 g/mol. The molecule has 2 aliphatic rings. The number of carbonyl (C=O) groups excluding carboxylic acids is 2. The van der Waals surface area contributed by atoms with Gasteiger partial charge in [-0.05, 0) is 25.2 Å². The number of hydrogen-bond donors (Lipinski definition) is 0. The standard InChI is InChI=1S/C16H21N3O5S/c1-17-7-9-18(10-8-17)25(22,23)14-11-12(3-4-13(14)24-2)19-15(20)5-6-16(19)21/h3-4,11H,5-10H2,1-2H3. The highest BCUT2D eigenvalue weighted by molar-refractivity contribution is 7.89. The van der Waals surface area contributed by atoms with Gasteiger partial charge in [-0.2, -0.15) is 4.31 Å². The van der Waals surface area contributed by atoms with Crippen LogP contribution in [0.4, 0.5) is 5.69 Å². The zero-order valence-corrected chi connectivity index (χ0v) is 15.1. The molecule has 25 heavy (non-hydrogen) atoms. The molecule has 2 aliphatic heterocycles. The van der Waals surface area contributed by atoms with Gasteiger partial charge in [-0.3, -0.25) is 14.5 Å². The van der Waals surface area contributed by atoms with Crippen molar-refractivity contribution in [2.24, 2.45) is 0 Å². The lowest BCUT2D eigenvalue weighted by Crippen LogP contribution is -2.47. The molecule has 0 spiro atoms. The van der Waals surface area contributed by atoms with Crippen LogP contribution in [0, 0.1) is 0 Å². The highest BCUT2D eigenvalue weighted by Crippen LogP contribution is 2.33. The van der Waals surface area contributed by atoms with E-state index in [4.69, 9.17) is 4.74 Å². The van der Waals surface area contributed by atoms with E-state index < -0.39 is 10.0 Å². The average Bonchev–Trinajstić information content (AvgIpc) is 2.93. The molecule has 2 heterocycles. The first-order chi connectivity index (χ1) is 11.8. The molecule has 0 saturated carbocycles. The fourth-order valence-electron chi connectivity index (χ4n) is 3.04. The van der Waals surface area contributed by atoms with Crippen LogP contribution in [0.5, 0.6) is 5.75 Å². The molecule has 0 bridgehead atoms. The van der Waals surface area contributed by atoms with Crippen LogP contribution in [0.1, 0.15) is 12.8 Å². The zero-order chi connectivity index (χ0) is 18.2. The quantitative estimate of drug-likeness (QED) is 0.711. The molecular weight excluding hydrogens is 346 g/mol. The van der Waals surface area contributed by atoms with Crippen LogP contribution in [0.2, 0.25) is 0 Å². The number of nitrogens with zero attached hydrogens (tertiary/aromatic N) is 3. The van der Waals surface area contributed by atoms with E-state index in [1.165, 1.54) is 29.6 Å². The van der Waals surface area contributed by atoms with E-state index in [9.17, 15) is 18.0 Å². The monoisotopic (exact) mass is 367 g/mol. The maximum absolute atomic E-state index is 13.0. The fourth-order valence-corrected chi connectivity index (χ4v) is 4.64. The Balaban J connectivity index is 2.00. The van der Waals surface area contributed by atoms with Crippen molar-refractivity contribution in [3.05, 3.63) is 18.2 Å². The van der Waals surface area contributed by atoms with E-state index in [0.717, 1.165) is 4.90 Å². The van der Waals surface area contributed by atoms with E-state index in [-0.39, 0.29) is 41.0 Å². The lowest BCUT2D eigenvalue weighted by molar-refractivity contribution is -0.121. The van der Waals surface area contributed by atoms with Gasteiger partial charge in [0.1, 0.15) is 10.6 Å². The third-order valence-corrected chi connectivity index (χ3v) is 6.46. The van der Waals surface area contributed by atoms with Gasteiger partial charge in [0.2, 0.25) is 21.8 Å². The third-order valence-electron chi connectivity index (χ3n) is 4.54. The van der Waals surface area contributed by atoms with Crippen LogP contribution in [-0.2, 0) is 19.6 Å². The van der Waals surface area contributed by atoms with Crippen LogP contribution >= 0.6 is 0 Å². The molecular formula is C16H21N3O5S. The second-order valence-electron chi connectivity index (χ2n) is 6.17. The van der Waals surface area contributed by atoms with Gasteiger partial charge < -0.3 is 9.64 Å². The van der Waals surface area contributed by atoms with Gasteiger partial charge in [-0.15, -0.1) is 0 Å². The number of ether oxygens (including phenoxy) is 1. The Morgan fingerprint density at radius 3 is 2.16 bits per heavy atom. The summed E-state index contributed by atoms with van der Waals surface area (Å²) in [5.74, 6) is -0.446. The van der Waals surface area contributed by atoms with Gasteiger partial charge in [0.05, 0.1) is 12.8 Å². The van der Waals surface area contributed by atoms with Crippen molar-refractivity contribution >= 4 is 27.5 Å². The number of piperazine rings is 1. The van der Waals surface area contributed by atoms with Crippen LogP contribution in [0.25, 0.3) is 0 Å². The van der Waals surface area contributed by atoms with Crippen molar-refractivity contribution in [2.45, 2.75) is 17.7 Å². The summed E-state index contributed by atoms with van der Waals surface area (Å²) in [4.78, 5) is 27.0. The molecule has 8 nitrogen and oxygen atoms in total. The molecule has 0 aromatic heterocycles. The van der Waals surface area contributed by atoms with E-state index in [1.807, 2.05) is 7.05 Å². The Hall–Kier alpha value is -1.97. The van der Waals surface area contributed by atoms with Crippen molar-refractivity contribution < 1.29 is 22.7 Å². The minimum atomic E-state index is -3.78. The minimum Gasteiger partial charge on any atom is -0.495 e. The number of imide groups is 1. The topological polar surface area (TPSA) is 87.2 Å². The van der Waals surface area contributed by atoms with E-state index in [1.54, 1.807) is 0 Å². The first-order valence-electron chi connectivity index (χ1n) is 8.07. The molecule has 0 N–H and O–H groups in total. The van der Waals surface area contributed by atoms with Gasteiger partial charge >= 0.3 is 0 Å². The van der Waals surface area contributed by atoms with Gasteiger partial charge in [0.25, 0.3) is 0 Å². The number of amides is 2. The minimum absolute atomic E-state index is 0.0236. The van der Waals surface area contributed by atoms with Gasteiger partial charge in [0.15, 0.2) is 0 Å². The molecule has 3 rings (SSSR count). The molecule has 0 unspecified atom stereocenters. The van der Waals surface area contributed by atoms with E-state index in [2.05, 4.69) is 4.90 Å². The van der Waals surface area contributed by atoms with Crippen molar-refractivity contribution in [1.82, 2.24) is 9.21 Å². The fraction of sp³-hybridized carbons (Fsp3) is 0.500. The summed E-state index contributed by atoms with van der Waals surface area (Å²) >= 11 is 0. The molecule has 2 saturated heterocycles. The van der Waals surface area contributed by atoms with Crippen molar-refractivity contribution in [3.63, 3.8) is 0 Å². The molecule has 0 atom stereocenters. The first-order valence-corrected chi connectivity index (χ1v) is 9.51. The van der Waals surface area contributed by atoms with Gasteiger partial charge in [-0.25, -0.2) is 8.42 Å². The summed E-state index contributed by atoms with van der Waals surface area (Å²) in [5, 5.41) is 0. The number of rotatable bonds is 4. The second-order valence-corrected chi connectivity index (χ2v) is 8.07. The number of methoxy groups -OCH3 is 1. The SMILES string of the molecule is COc1ccc(N2C(=O)CCC2=O)cc1S(=O)(=O)N1CCN(C)CC1. The summed E-state index contributed by atoms with van der Waals surface area (Å²) in [7, 11) is -0.450. The normalized spacial score (nSPS) is 20.3. The highest BCUT2D eigenvalue weighted by Gasteiger charge is 2.34. The zero-order valence-electron chi connectivity index (χ0n) is 14.3. The lowest BCUT2D eigenvalue weighted by Gasteiger charge is -2.32. The molecule has 0 radical (unpaired) electrons. The summed E-state index contributed by atoms with van der Waals surface area (Å²) < 4.78 is 32.7. The first kappa shape index (κ1) is 17.8. The maximum atomic E-state index is 13.0. The predicted molar refractivity (Wildman–Crippen MR) is 91.0 cm³/mol. The van der Waals surface area contributed by atoms with E-state index in [0.29, 0.717) is 26.2 Å². The number of benzene rings is 1. The number of likely N-dealkylation sites (N-methyl/N-ethyl adjacent to an activating group) is 1. The maximum Gasteiger partial charge on any atom is 0.246 e. The number of sulfonamides is 1. The number of hydrogen-bond acceptors (Lipinski definition) is 6. The highest BCUT2D eigenvalue weighted by atomic mass is 32.2. The van der Waals surface area contributed by atoms with Crippen molar-refractivity contribution in [3.8, 4) is 5.75 Å². The predicted octanol–water partition coefficient (Wildman–Crippen LogP) is 0.285. The van der Waals surface area contributed by atoms with Gasteiger partial charge in [0, 0.05) is 39.0 Å². The largest absolute Gasteiger partial charge is 0.495 e. The third kappa shape index (κ3) is 3.26. The summed E-state index contributed by atoms with van der Waals surface area (Å²) in [6, 6.07) is 4.37. The molecule has 2 amide bonds. The van der Waals surface area contributed by atoms with Crippen LogP contribution < -0.4 is 9.64 Å². The molecule has 0 aliphatic carbocycles. The lowest BCUT2D eigenvalue weighted by atomic mass is 10.2. The van der Waals surface area contributed by atoms with Gasteiger partial charge in [-0.1, -0.05) is 0 Å². The van der Waals surface area contributed by atoms with Crippen LogP contribution in [0.3, 0.4) is 0 Å². The van der Waals surface area contributed by atoms with Crippen LogP contribution in [0.15, 0.2) is 23.1 Å². The summed E-state index contributed by atoms with van der Waals surface area (Å²) in [6.45, 7) is 2.05. The Morgan fingerprint density at radius 1 is 1.00 bits per heavy atom. The smallest absolute Gasteiger partial charge is 0.246 e. The molecule has 136 valence electrons. The summed E-state index contributed by atoms with van der Waals surface area (Å²) in [6.07, 6.45) is 0.289. The Kier molecular flexibility index (Phi) is 4.81. The second kappa shape index (κ2) is 6.74. The summed E-state index contributed by atoms with van der Waals surface area (Å²) in [5.41, 5.74) is 0.265. The van der Waals surface area contributed by atoms with Crippen molar-refractivity contribution in [1.29, 1.82) is 0 Å². The Labute approximate surface area is 147 Å².